The van der Waals surface area contributed by atoms with E-state index in [4.69, 9.17) is 32.7 Å². The molecule has 1 aliphatic rings. The van der Waals surface area contributed by atoms with Crippen molar-refractivity contribution < 1.29 is 23.5 Å². The predicted molar refractivity (Wildman–Crippen MR) is 116 cm³/mol. The van der Waals surface area contributed by atoms with Crippen molar-refractivity contribution in [3.8, 4) is 5.75 Å². The van der Waals surface area contributed by atoms with Crippen LogP contribution in [0.25, 0.3) is 0 Å². The predicted octanol–water partition coefficient (Wildman–Crippen LogP) is 4.77. The van der Waals surface area contributed by atoms with Gasteiger partial charge < -0.3 is 19.7 Å². The molecule has 2 amide bonds. The number of hydrogen-bond donors (Lipinski definition) is 1. The van der Waals surface area contributed by atoms with Crippen molar-refractivity contribution in [3.05, 3.63) is 76.2 Å². The van der Waals surface area contributed by atoms with Gasteiger partial charge in [0.25, 0.3) is 5.91 Å². The summed E-state index contributed by atoms with van der Waals surface area (Å²) in [7, 11) is 0. The molecule has 9 heteroatoms. The molecule has 1 heterocycles. The number of cyclic esters (lactones) is 1. The molecule has 1 saturated heterocycles. The molecule has 1 atom stereocenters. The number of carbonyl (C=O) groups is 2. The number of benzene rings is 2. The Hall–Kier alpha value is -2.77. The van der Waals surface area contributed by atoms with Crippen LogP contribution < -0.4 is 10.1 Å². The first-order valence-electron chi connectivity index (χ1n) is 9.54. The molecule has 1 unspecified atom stereocenters. The average molecular weight is 467 g/mol. The molecule has 0 spiro atoms. The SMILES string of the molecule is C=C(CCN1CC(c2ccc(Cl)cc2)COC1=O)NC(=O)COc1ccc(Cl)c(F)c1. The lowest BCUT2D eigenvalue weighted by Gasteiger charge is -2.32. The summed E-state index contributed by atoms with van der Waals surface area (Å²) in [6, 6.07) is 11.3. The second kappa shape index (κ2) is 10.5. The number of halogens is 3. The third-order valence-electron chi connectivity index (χ3n) is 4.71. The van der Waals surface area contributed by atoms with Crippen molar-refractivity contribution in [2.24, 2.45) is 0 Å². The minimum atomic E-state index is -0.630. The Labute approximate surface area is 189 Å². The summed E-state index contributed by atoms with van der Waals surface area (Å²) in [6.45, 7) is 4.63. The van der Waals surface area contributed by atoms with E-state index in [1.165, 1.54) is 12.1 Å². The van der Waals surface area contributed by atoms with E-state index >= 15 is 0 Å². The molecule has 0 aliphatic carbocycles. The lowest BCUT2D eigenvalue weighted by molar-refractivity contribution is -0.122. The zero-order valence-corrected chi connectivity index (χ0v) is 18.1. The van der Waals surface area contributed by atoms with Crippen LogP contribution in [0.2, 0.25) is 10.0 Å². The maximum atomic E-state index is 13.4. The van der Waals surface area contributed by atoms with E-state index in [1.807, 2.05) is 12.1 Å². The lowest BCUT2D eigenvalue weighted by Crippen LogP contribution is -2.43. The maximum absolute atomic E-state index is 13.4. The average Bonchev–Trinajstić information content (AvgIpc) is 2.74. The van der Waals surface area contributed by atoms with Gasteiger partial charge in [0.15, 0.2) is 6.61 Å². The minimum Gasteiger partial charge on any atom is -0.484 e. The Balaban J connectivity index is 1.44. The highest BCUT2D eigenvalue weighted by Gasteiger charge is 2.28. The molecular weight excluding hydrogens is 446 g/mol. The molecule has 2 aromatic carbocycles. The van der Waals surface area contributed by atoms with Crippen LogP contribution in [0.1, 0.15) is 17.9 Å². The summed E-state index contributed by atoms with van der Waals surface area (Å²) < 4.78 is 23.9. The summed E-state index contributed by atoms with van der Waals surface area (Å²) >= 11 is 11.5. The first-order valence-corrected chi connectivity index (χ1v) is 10.3. The van der Waals surface area contributed by atoms with Crippen LogP contribution in [0.15, 0.2) is 54.7 Å². The van der Waals surface area contributed by atoms with E-state index in [2.05, 4.69) is 11.9 Å². The number of nitrogens with zero attached hydrogens (tertiary/aromatic N) is 1. The van der Waals surface area contributed by atoms with Gasteiger partial charge >= 0.3 is 6.09 Å². The molecule has 6 nitrogen and oxygen atoms in total. The Morgan fingerprint density at radius 2 is 2.00 bits per heavy atom. The summed E-state index contributed by atoms with van der Waals surface area (Å²) in [5, 5.41) is 3.22. The molecule has 0 aromatic heterocycles. The highest BCUT2D eigenvalue weighted by molar-refractivity contribution is 6.30. The normalized spacial score (nSPS) is 15.9. The summed E-state index contributed by atoms with van der Waals surface area (Å²) in [5.74, 6) is -0.854. The number of ether oxygens (including phenoxy) is 2. The van der Waals surface area contributed by atoms with Crippen LogP contribution in [0.4, 0.5) is 9.18 Å². The second-order valence-electron chi connectivity index (χ2n) is 7.04. The van der Waals surface area contributed by atoms with Crippen LogP contribution in [0, 0.1) is 5.82 Å². The van der Waals surface area contributed by atoms with Crippen molar-refractivity contribution >= 4 is 35.2 Å². The molecule has 1 aliphatic heterocycles. The Kier molecular flexibility index (Phi) is 7.76. The Morgan fingerprint density at radius 1 is 1.26 bits per heavy atom. The number of amides is 2. The van der Waals surface area contributed by atoms with Crippen LogP contribution in [-0.4, -0.2) is 43.2 Å². The van der Waals surface area contributed by atoms with Crippen molar-refractivity contribution in [1.29, 1.82) is 0 Å². The van der Waals surface area contributed by atoms with Gasteiger partial charge in [0.1, 0.15) is 18.2 Å². The van der Waals surface area contributed by atoms with Gasteiger partial charge in [-0.25, -0.2) is 9.18 Å². The van der Waals surface area contributed by atoms with E-state index in [0.29, 0.717) is 36.8 Å². The lowest BCUT2D eigenvalue weighted by atomic mass is 9.98. The van der Waals surface area contributed by atoms with Crippen LogP contribution in [0.3, 0.4) is 0 Å². The molecule has 1 N–H and O–H groups in total. The number of rotatable bonds is 8. The molecule has 2 aromatic rings. The summed E-state index contributed by atoms with van der Waals surface area (Å²) in [5.41, 5.74) is 1.46. The first kappa shape index (κ1) is 22.9. The smallest absolute Gasteiger partial charge is 0.409 e. The summed E-state index contributed by atoms with van der Waals surface area (Å²) in [6.07, 6.45) is -0.0542. The van der Waals surface area contributed by atoms with Crippen molar-refractivity contribution in [2.45, 2.75) is 12.3 Å². The molecule has 3 rings (SSSR count). The van der Waals surface area contributed by atoms with Crippen LogP contribution in [0.5, 0.6) is 5.75 Å². The van der Waals surface area contributed by atoms with Crippen LogP contribution in [-0.2, 0) is 9.53 Å². The number of nitrogens with one attached hydrogen (secondary N) is 1. The van der Waals surface area contributed by atoms with Crippen molar-refractivity contribution in [1.82, 2.24) is 10.2 Å². The van der Waals surface area contributed by atoms with E-state index < -0.39 is 17.8 Å². The second-order valence-corrected chi connectivity index (χ2v) is 7.88. The van der Waals surface area contributed by atoms with Gasteiger partial charge in [0, 0.05) is 42.2 Å². The third kappa shape index (κ3) is 6.60. The Morgan fingerprint density at radius 3 is 2.71 bits per heavy atom. The molecule has 1 fully saturated rings. The van der Waals surface area contributed by atoms with Gasteiger partial charge in [-0.3, -0.25) is 4.79 Å². The zero-order chi connectivity index (χ0) is 22.4. The molecule has 0 saturated carbocycles. The molecule has 31 heavy (non-hydrogen) atoms. The van der Waals surface area contributed by atoms with E-state index in [0.717, 1.165) is 11.6 Å². The molecule has 0 radical (unpaired) electrons. The van der Waals surface area contributed by atoms with Crippen LogP contribution >= 0.6 is 23.2 Å². The fraction of sp³-hybridized carbons (Fsp3) is 0.273. The standard InChI is InChI=1S/C22H21Cl2FN2O4/c1-14(26-21(28)13-30-18-6-7-19(24)20(25)10-18)8-9-27-11-16(12-31-22(27)29)15-2-4-17(23)5-3-15/h2-7,10,16H,1,8-9,11-13H2,(H,26,28). The Bertz CT molecular complexity index is 968. The molecule has 0 bridgehead atoms. The molecular formula is C22H21Cl2FN2O4. The number of carbonyl (C=O) groups excluding carboxylic acids is 2. The maximum Gasteiger partial charge on any atom is 0.409 e. The monoisotopic (exact) mass is 466 g/mol. The van der Waals surface area contributed by atoms with Gasteiger partial charge in [-0.1, -0.05) is 41.9 Å². The van der Waals surface area contributed by atoms with Gasteiger partial charge in [0.05, 0.1) is 5.02 Å². The zero-order valence-electron chi connectivity index (χ0n) is 16.6. The van der Waals surface area contributed by atoms with Crippen molar-refractivity contribution in [3.63, 3.8) is 0 Å². The summed E-state index contributed by atoms with van der Waals surface area (Å²) in [4.78, 5) is 25.7. The van der Waals surface area contributed by atoms with Gasteiger partial charge in [-0.2, -0.15) is 0 Å². The quantitative estimate of drug-likeness (QED) is 0.608. The largest absolute Gasteiger partial charge is 0.484 e. The highest BCUT2D eigenvalue weighted by atomic mass is 35.5. The van der Waals surface area contributed by atoms with E-state index in [9.17, 15) is 14.0 Å². The first-order chi connectivity index (χ1) is 14.8. The highest BCUT2D eigenvalue weighted by Crippen LogP contribution is 2.24. The third-order valence-corrected chi connectivity index (χ3v) is 5.27. The van der Waals surface area contributed by atoms with E-state index in [-0.39, 0.29) is 23.3 Å². The van der Waals surface area contributed by atoms with Gasteiger partial charge in [-0.05, 0) is 29.8 Å². The van der Waals surface area contributed by atoms with Crippen molar-refractivity contribution in [2.75, 3.05) is 26.3 Å². The molecule has 164 valence electrons. The van der Waals surface area contributed by atoms with E-state index in [1.54, 1.807) is 17.0 Å². The number of hydrogen-bond acceptors (Lipinski definition) is 4. The fourth-order valence-corrected chi connectivity index (χ4v) is 3.30. The van der Waals surface area contributed by atoms with Gasteiger partial charge in [-0.15, -0.1) is 0 Å². The fourth-order valence-electron chi connectivity index (χ4n) is 3.06. The minimum absolute atomic E-state index is 0.0280. The topological polar surface area (TPSA) is 67.9 Å². The van der Waals surface area contributed by atoms with Gasteiger partial charge in [0.2, 0.25) is 0 Å².